The summed E-state index contributed by atoms with van der Waals surface area (Å²) in [6, 6.07) is -2.56. The van der Waals surface area contributed by atoms with Crippen LogP contribution in [-0.2, 0) is 28.2 Å². The lowest BCUT2D eigenvalue weighted by Gasteiger charge is -2.27. The molecule has 2 saturated heterocycles. The van der Waals surface area contributed by atoms with Crippen LogP contribution < -0.4 is 15.6 Å². The standard InChI is InChI=1S/C24H37N8O10PS/c1-11(2)41-20(35)12(3)29-43(38,44-9-13-19(34)31(6)23(36)30(13)5)40-8-14-16(33)24(4,37)21(42-14)32-10-26-15-17(32)27-22(25)28-18(15)39-7/h10-14,16,21,33,37H,8-9H2,1-7H3,(H,29,38)(H2,25,27,28)/t12-,13?,14?,16-,21-,24-,43?/m1/s1. The van der Waals surface area contributed by atoms with Crippen molar-refractivity contribution in [2.24, 2.45) is 0 Å². The lowest BCUT2D eigenvalue weighted by molar-refractivity contribution is -0.149. The quantitative estimate of drug-likeness (QED) is 0.134. The summed E-state index contributed by atoms with van der Waals surface area (Å²) in [5, 5.41) is 25.0. The molecule has 0 saturated carbocycles. The Balaban J connectivity index is 1.55. The number of urea groups is 1. The van der Waals surface area contributed by atoms with Crippen molar-refractivity contribution in [1.82, 2.24) is 34.4 Å². The molecule has 2 aliphatic rings. The fraction of sp³-hybridized carbons (Fsp3) is 0.667. The number of nitrogens with zero attached hydrogens (tertiary/aromatic N) is 6. The number of nitrogen functional groups attached to an aromatic ring is 1. The topological polar surface area (TPSA) is 234 Å². The zero-order valence-electron chi connectivity index (χ0n) is 25.2. The van der Waals surface area contributed by atoms with Gasteiger partial charge in [-0.25, -0.2) is 14.9 Å². The number of anilines is 1. The monoisotopic (exact) mass is 660 g/mol. The second kappa shape index (κ2) is 12.7. The van der Waals surface area contributed by atoms with Crippen molar-refractivity contribution in [3.8, 4) is 5.88 Å². The third-order valence-corrected chi connectivity index (χ3v) is 11.2. The van der Waals surface area contributed by atoms with Crippen LogP contribution in [0.15, 0.2) is 6.33 Å². The van der Waals surface area contributed by atoms with E-state index in [9.17, 15) is 29.2 Å². The van der Waals surface area contributed by atoms with Gasteiger partial charge in [0, 0.05) is 19.8 Å². The van der Waals surface area contributed by atoms with Gasteiger partial charge in [0.25, 0.3) is 5.91 Å². The van der Waals surface area contributed by atoms with Gasteiger partial charge in [0.1, 0.15) is 29.9 Å². The number of hydrogen-bond donors (Lipinski definition) is 4. The summed E-state index contributed by atoms with van der Waals surface area (Å²) in [5.74, 6) is -1.36. The number of amides is 3. The van der Waals surface area contributed by atoms with Gasteiger partial charge in [-0.3, -0.25) is 23.6 Å². The Morgan fingerprint density at radius 2 is 1.98 bits per heavy atom. The molecule has 244 valence electrons. The van der Waals surface area contributed by atoms with Gasteiger partial charge in [-0.05, 0) is 27.7 Å². The highest BCUT2D eigenvalue weighted by atomic mass is 32.7. The molecule has 7 atom stereocenters. The maximum absolute atomic E-state index is 14.1. The van der Waals surface area contributed by atoms with Gasteiger partial charge in [0.15, 0.2) is 17.4 Å². The van der Waals surface area contributed by atoms with E-state index in [0.29, 0.717) is 11.4 Å². The number of aliphatic hydroxyl groups excluding tert-OH is 1. The fourth-order valence-corrected chi connectivity index (χ4v) is 8.68. The lowest BCUT2D eigenvalue weighted by Crippen LogP contribution is -2.44. The minimum atomic E-state index is -4.06. The SMILES string of the molecule is COc1nc(N)nc2c1ncn2[C@@H]1OC(COP(=O)(N[C@H](C)C(=O)OC(C)C)SCC2C(=O)N(C)C(=O)N2C)[C@@H](O)[C@@]1(C)O. The third-order valence-electron chi connectivity index (χ3n) is 7.15. The van der Waals surface area contributed by atoms with Crippen LogP contribution in [0.4, 0.5) is 10.7 Å². The Bertz CT molecular complexity index is 1470. The van der Waals surface area contributed by atoms with Crippen LogP contribution in [0.25, 0.3) is 11.2 Å². The number of carbonyl (C=O) groups excluding carboxylic acids is 3. The van der Waals surface area contributed by atoms with Gasteiger partial charge in [-0.2, -0.15) is 9.97 Å². The van der Waals surface area contributed by atoms with Crippen molar-refractivity contribution in [3.63, 3.8) is 0 Å². The average molecular weight is 661 g/mol. The molecular formula is C24H37N8O10PS. The highest BCUT2D eigenvalue weighted by molar-refractivity contribution is 8.56. The Kier molecular flexibility index (Phi) is 9.80. The molecule has 2 aromatic rings. The average Bonchev–Trinajstić information content (AvgIpc) is 3.52. The number of esters is 1. The largest absolute Gasteiger partial charge is 0.479 e. The zero-order valence-corrected chi connectivity index (χ0v) is 26.9. The Labute approximate surface area is 256 Å². The number of hydrogen-bond acceptors (Lipinski definition) is 15. The molecule has 3 unspecified atom stereocenters. The minimum Gasteiger partial charge on any atom is -0.479 e. The van der Waals surface area contributed by atoms with Crippen molar-refractivity contribution < 1.29 is 47.9 Å². The molecule has 20 heteroatoms. The summed E-state index contributed by atoms with van der Waals surface area (Å²) in [7, 11) is 4.16. The molecule has 3 amide bonds. The summed E-state index contributed by atoms with van der Waals surface area (Å²) in [5.41, 5.74) is 4.28. The number of imidazole rings is 1. The first kappa shape index (κ1) is 33.8. The van der Waals surface area contributed by atoms with E-state index >= 15 is 0 Å². The normalized spacial score (nSPS) is 27.8. The van der Waals surface area contributed by atoms with Crippen molar-refractivity contribution in [2.45, 2.75) is 69.9 Å². The zero-order chi connectivity index (χ0) is 32.7. The van der Waals surface area contributed by atoms with E-state index in [4.69, 9.17) is 24.5 Å². The first-order chi connectivity index (χ1) is 20.5. The van der Waals surface area contributed by atoms with Crippen molar-refractivity contribution in [3.05, 3.63) is 6.33 Å². The molecule has 0 spiro atoms. The van der Waals surface area contributed by atoms with Gasteiger partial charge in [0.05, 0.1) is 26.1 Å². The van der Waals surface area contributed by atoms with E-state index in [-0.39, 0.29) is 28.7 Å². The molecule has 0 aromatic carbocycles. The number of likely N-dealkylation sites (N-methyl/N-ethyl adjacent to an activating group) is 2. The smallest absolute Gasteiger partial charge is 0.327 e. The first-order valence-corrected chi connectivity index (χ1v) is 16.7. The maximum Gasteiger partial charge on any atom is 0.327 e. The van der Waals surface area contributed by atoms with E-state index in [0.717, 1.165) is 4.90 Å². The summed E-state index contributed by atoms with van der Waals surface area (Å²) in [6.45, 7) is 1.50. The van der Waals surface area contributed by atoms with Crippen LogP contribution in [-0.4, -0.2) is 127 Å². The summed E-state index contributed by atoms with van der Waals surface area (Å²) >= 11 is 0.701. The predicted octanol–water partition coefficient (Wildman–Crippen LogP) is 0.106. The van der Waals surface area contributed by atoms with Crippen LogP contribution in [0.2, 0.25) is 0 Å². The number of aromatic nitrogens is 4. The number of nitrogens with two attached hydrogens (primary N) is 1. The van der Waals surface area contributed by atoms with E-state index in [1.165, 1.54) is 50.8 Å². The van der Waals surface area contributed by atoms with E-state index in [1.807, 2.05) is 0 Å². The molecule has 44 heavy (non-hydrogen) atoms. The highest BCUT2D eigenvalue weighted by Crippen LogP contribution is 2.57. The van der Waals surface area contributed by atoms with E-state index in [1.54, 1.807) is 13.8 Å². The number of aliphatic hydroxyl groups is 2. The highest BCUT2D eigenvalue weighted by Gasteiger charge is 2.54. The number of nitrogens with one attached hydrogen (secondary N) is 1. The Morgan fingerprint density at radius 1 is 1.30 bits per heavy atom. The molecule has 4 rings (SSSR count). The molecule has 0 aliphatic carbocycles. The van der Waals surface area contributed by atoms with Crippen LogP contribution >= 0.6 is 18.1 Å². The molecule has 2 aliphatic heterocycles. The third kappa shape index (κ3) is 6.49. The van der Waals surface area contributed by atoms with Gasteiger partial charge in [-0.1, -0.05) is 11.4 Å². The second-order valence-electron chi connectivity index (χ2n) is 10.8. The molecule has 2 aromatic heterocycles. The molecule has 2 fully saturated rings. The van der Waals surface area contributed by atoms with Crippen molar-refractivity contribution in [1.29, 1.82) is 0 Å². The number of ether oxygens (including phenoxy) is 3. The van der Waals surface area contributed by atoms with Gasteiger partial charge in [-0.15, -0.1) is 0 Å². The van der Waals surface area contributed by atoms with Crippen LogP contribution in [0, 0.1) is 0 Å². The van der Waals surface area contributed by atoms with Crippen molar-refractivity contribution >= 4 is 53.1 Å². The maximum atomic E-state index is 14.1. The van der Waals surface area contributed by atoms with E-state index < -0.39 is 73.5 Å². The molecule has 4 heterocycles. The number of methoxy groups -OCH3 is 1. The molecule has 0 radical (unpaired) electrons. The number of rotatable bonds is 12. The molecule has 0 bridgehead atoms. The Hall–Kier alpha value is -3.06. The predicted molar refractivity (Wildman–Crippen MR) is 156 cm³/mol. The number of imide groups is 1. The molecule has 5 N–H and O–H groups in total. The Morgan fingerprint density at radius 3 is 2.57 bits per heavy atom. The lowest BCUT2D eigenvalue weighted by atomic mass is 9.96. The van der Waals surface area contributed by atoms with Gasteiger partial charge < -0.3 is 39.6 Å². The van der Waals surface area contributed by atoms with Gasteiger partial charge in [0.2, 0.25) is 11.8 Å². The van der Waals surface area contributed by atoms with Crippen LogP contribution in [0.3, 0.4) is 0 Å². The summed E-state index contributed by atoms with van der Waals surface area (Å²) < 4.78 is 37.6. The van der Waals surface area contributed by atoms with Gasteiger partial charge >= 0.3 is 18.7 Å². The second-order valence-corrected chi connectivity index (χ2v) is 15.2. The molecular weight excluding hydrogens is 623 g/mol. The first-order valence-electron chi connectivity index (χ1n) is 13.5. The number of fused-ring (bicyclic) bond motifs is 1. The minimum absolute atomic E-state index is 0.0951. The summed E-state index contributed by atoms with van der Waals surface area (Å²) in [4.78, 5) is 51.9. The van der Waals surface area contributed by atoms with Crippen LogP contribution in [0.5, 0.6) is 5.88 Å². The number of carbonyl (C=O) groups is 3. The molecule has 18 nitrogen and oxygen atoms in total. The van der Waals surface area contributed by atoms with Crippen molar-refractivity contribution in [2.75, 3.05) is 39.3 Å². The fourth-order valence-electron chi connectivity index (χ4n) is 4.71. The summed E-state index contributed by atoms with van der Waals surface area (Å²) in [6.07, 6.45) is -3.16. The van der Waals surface area contributed by atoms with E-state index in [2.05, 4.69) is 20.0 Å². The van der Waals surface area contributed by atoms with Crippen LogP contribution in [0.1, 0.15) is 33.9 Å².